The smallest absolute Gasteiger partial charge is 0.309 e. The molecule has 2 N–H and O–H groups in total. The maximum Gasteiger partial charge on any atom is 0.309 e. The van der Waals surface area contributed by atoms with Gasteiger partial charge in [-0.1, -0.05) is 27.7 Å². The molecule has 7 heteroatoms. The number of carbonyl (C=O) groups excluding carboxylic acids is 3. The molecule has 3 atom stereocenters. The normalized spacial score (nSPS) is 14.8. The van der Waals surface area contributed by atoms with Crippen LogP contribution in [-0.2, 0) is 23.9 Å². The van der Waals surface area contributed by atoms with Crippen molar-refractivity contribution in [3.05, 3.63) is 0 Å². The van der Waals surface area contributed by atoms with E-state index in [0.29, 0.717) is 17.4 Å². The van der Waals surface area contributed by atoms with E-state index >= 15 is 0 Å². The number of hydrogen-bond donors (Lipinski definition) is 1. The molecule has 0 aromatic rings. The zero-order chi connectivity index (χ0) is 18.7. The Hall–Kier alpha value is -1.08. The second kappa shape index (κ2) is 12.3. The van der Waals surface area contributed by atoms with E-state index in [1.807, 2.05) is 20.8 Å². The van der Waals surface area contributed by atoms with Crippen molar-refractivity contribution in [3.63, 3.8) is 0 Å². The molecule has 0 aliphatic rings. The van der Waals surface area contributed by atoms with E-state index in [1.165, 1.54) is 18.7 Å². The maximum atomic E-state index is 12.2. The third-order valence-electron chi connectivity index (χ3n) is 3.35. The van der Waals surface area contributed by atoms with Gasteiger partial charge in [0.25, 0.3) is 0 Å². The van der Waals surface area contributed by atoms with E-state index in [9.17, 15) is 14.4 Å². The molecule has 0 aliphatic carbocycles. The first-order chi connectivity index (χ1) is 11.2. The Morgan fingerprint density at radius 3 is 2.25 bits per heavy atom. The van der Waals surface area contributed by atoms with Crippen LogP contribution in [0.3, 0.4) is 0 Å². The van der Waals surface area contributed by atoms with Gasteiger partial charge in [-0.25, -0.2) is 0 Å². The van der Waals surface area contributed by atoms with Crippen LogP contribution >= 0.6 is 11.8 Å². The van der Waals surface area contributed by atoms with Crippen LogP contribution in [0.4, 0.5) is 0 Å². The zero-order valence-corrected chi connectivity index (χ0v) is 16.2. The van der Waals surface area contributed by atoms with Crippen molar-refractivity contribution in [2.24, 2.45) is 17.6 Å². The van der Waals surface area contributed by atoms with E-state index in [4.69, 9.17) is 15.2 Å². The first-order valence-electron chi connectivity index (χ1n) is 8.37. The molecule has 24 heavy (non-hydrogen) atoms. The number of rotatable bonds is 12. The van der Waals surface area contributed by atoms with Gasteiger partial charge in [-0.3, -0.25) is 14.4 Å². The number of esters is 2. The van der Waals surface area contributed by atoms with Gasteiger partial charge < -0.3 is 15.2 Å². The predicted octanol–water partition coefficient (Wildman–Crippen LogP) is 2.18. The summed E-state index contributed by atoms with van der Waals surface area (Å²) in [6.45, 7) is 9.09. The molecule has 0 spiro atoms. The lowest BCUT2D eigenvalue weighted by atomic mass is 9.99. The Labute approximate surface area is 149 Å². The molecule has 0 aliphatic heterocycles. The number of ether oxygens (including phenoxy) is 2. The van der Waals surface area contributed by atoms with Crippen molar-refractivity contribution < 1.29 is 23.9 Å². The number of thioether (sulfide) groups is 1. The van der Waals surface area contributed by atoms with Crippen molar-refractivity contribution >= 4 is 29.5 Å². The van der Waals surface area contributed by atoms with Crippen LogP contribution in [0.2, 0.25) is 0 Å². The van der Waals surface area contributed by atoms with Crippen molar-refractivity contribution in [3.8, 4) is 0 Å². The summed E-state index contributed by atoms with van der Waals surface area (Å²) in [7, 11) is 0. The minimum absolute atomic E-state index is 0.0229. The van der Waals surface area contributed by atoms with Gasteiger partial charge in [-0.15, -0.1) is 0 Å². The standard InChI is InChI=1S/C17H31NO5S/c1-6-16(20)22-8-14(9-24-10-15(18)13(5)19)23-17(21)12(4)7-11(2)3/h11-12,14-15H,6-10,18H2,1-5H3. The molecule has 0 aromatic carbocycles. The molecule has 6 nitrogen and oxygen atoms in total. The molecule has 0 bridgehead atoms. The molecule has 140 valence electrons. The van der Waals surface area contributed by atoms with E-state index in [-0.39, 0.29) is 36.7 Å². The molecular formula is C17H31NO5S. The van der Waals surface area contributed by atoms with Crippen LogP contribution < -0.4 is 5.73 Å². The molecule has 0 aromatic heterocycles. The largest absolute Gasteiger partial charge is 0.462 e. The Bertz CT molecular complexity index is 414. The fraction of sp³-hybridized carbons (Fsp3) is 0.824. The summed E-state index contributed by atoms with van der Waals surface area (Å²) in [6.07, 6.45) is 0.474. The second-order valence-electron chi connectivity index (χ2n) is 6.38. The molecule has 0 fully saturated rings. The molecule has 0 radical (unpaired) electrons. The average molecular weight is 362 g/mol. The lowest BCUT2D eigenvalue weighted by Gasteiger charge is -2.21. The highest BCUT2D eigenvalue weighted by molar-refractivity contribution is 7.99. The molecule has 3 unspecified atom stereocenters. The number of ketones is 1. The minimum Gasteiger partial charge on any atom is -0.462 e. The molecular weight excluding hydrogens is 330 g/mol. The van der Waals surface area contributed by atoms with Crippen LogP contribution in [0.1, 0.15) is 47.5 Å². The van der Waals surface area contributed by atoms with Gasteiger partial charge in [0, 0.05) is 17.9 Å². The number of nitrogens with two attached hydrogens (primary N) is 1. The lowest BCUT2D eigenvalue weighted by molar-refractivity contribution is -0.160. The third kappa shape index (κ3) is 10.6. The second-order valence-corrected chi connectivity index (χ2v) is 7.46. The molecule has 0 amide bonds. The van der Waals surface area contributed by atoms with Crippen molar-refractivity contribution in [1.82, 2.24) is 0 Å². The summed E-state index contributed by atoms with van der Waals surface area (Å²) in [5.74, 6) is 0.337. The van der Waals surface area contributed by atoms with Gasteiger partial charge in [0.1, 0.15) is 18.5 Å². The fourth-order valence-corrected chi connectivity index (χ4v) is 2.98. The maximum absolute atomic E-state index is 12.2. The molecule has 0 heterocycles. The summed E-state index contributed by atoms with van der Waals surface area (Å²) >= 11 is 1.41. The van der Waals surface area contributed by atoms with Crippen LogP contribution in [-0.4, -0.2) is 48.0 Å². The highest BCUT2D eigenvalue weighted by atomic mass is 32.2. The number of hydrogen-bond acceptors (Lipinski definition) is 7. The summed E-state index contributed by atoms with van der Waals surface area (Å²) in [6, 6.07) is -0.538. The topological polar surface area (TPSA) is 95.7 Å². The minimum atomic E-state index is -0.538. The zero-order valence-electron chi connectivity index (χ0n) is 15.4. The van der Waals surface area contributed by atoms with Gasteiger partial charge in [0.15, 0.2) is 0 Å². The van der Waals surface area contributed by atoms with Crippen LogP contribution in [0.15, 0.2) is 0 Å². The van der Waals surface area contributed by atoms with Crippen LogP contribution in [0, 0.1) is 11.8 Å². The van der Waals surface area contributed by atoms with E-state index in [0.717, 1.165) is 6.42 Å². The number of Topliss-reactive ketones (excluding diaryl/α,β-unsaturated/α-hetero) is 1. The van der Waals surface area contributed by atoms with Gasteiger partial charge in [-0.2, -0.15) is 11.8 Å². The van der Waals surface area contributed by atoms with Crippen LogP contribution in [0.5, 0.6) is 0 Å². The van der Waals surface area contributed by atoms with Gasteiger partial charge in [-0.05, 0) is 19.3 Å². The summed E-state index contributed by atoms with van der Waals surface area (Å²) in [5, 5.41) is 0. The Balaban J connectivity index is 4.53. The predicted molar refractivity (Wildman–Crippen MR) is 95.7 cm³/mol. The summed E-state index contributed by atoms with van der Waals surface area (Å²) in [5.41, 5.74) is 5.69. The summed E-state index contributed by atoms with van der Waals surface area (Å²) in [4.78, 5) is 34.6. The van der Waals surface area contributed by atoms with Crippen LogP contribution in [0.25, 0.3) is 0 Å². The van der Waals surface area contributed by atoms with Crippen molar-refractivity contribution in [1.29, 1.82) is 0 Å². The first-order valence-corrected chi connectivity index (χ1v) is 9.52. The third-order valence-corrected chi connectivity index (χ3v) is 4.55. The van der Waals surface area contributed by atoms with E-state index in [2.05, 4.69) is 0 Å². The average Bonchev–Trinajstić information content (AvgIpc) is 2.50. The van der Waals surface area contributed by atoms with Crippen molar-refractivity contribution in [2.45, 2.75) is 59.6 Å². The number of carbonyl (C=O) groups is 3. The van der Waals surface area contributed by atoms with Gasteiger partial charge >= 0.3 is 11.9 Å². The first kappa shape index (κ1) is 22.9. The Kier molecular flexibility index (Phi) is 11.8. The quantitative estimate of drug-likeness (QED) is 0.532. The van der Waals surface area contributed by atoms with E-state index in [1.54, 1.807) is 6.92 Å². The van der Waals surface area contributed by atoms with Gasteiger partial charge in [0.2, 0.25) is 0 Å². The van der Waals surface area contributed by atoms with Crippen molar-refractivity contribution in [2.75, 3.05) is 18.1 Å². The lowest BCUT2D eigenvalue weighted by Crippen LogP contribution is -2.33. The van der Waals surface area contributed by atoms with E-state index < -0.39 is 12.1 Å². The van der Waals surface area contributed by atoms with Gasteiger partial charge in [0.05, 0.1) is 12.0 Å². The monoisotopic (exact) mass is 361 g/mol. The fourth-order valence-electron chi connectivity index (χ4n) is 1.93. The molecule has 0 saturated heterocycles. The SMILES string of the molecule is CCC(=O)OCC(CSCC(N)C(C)=O)OC(=O)C(C)CC(C)C. The molecule has 0 saturated carbocycles. The Morgan fingerprint density at radius 1 is 1.12 bits per heavy atom. The Morgan fingerprint density at radius 2 is 1.75 bits per heavy atom. The summed E-state index contributed by atoms with van der Waals surface area (Å²) < 4.78 is 10.6. The highest BCUT2D eigenvalue weighted by Gasteiger charge is 2.22. The highest BCUT2D eigenvalue weighted by Crippen LogP contribution is 2.16. The molecule has 0 rings (SSSR count).